The van der Waals surface area contributed by atoms with Crippen molar-refractivity contribution in [3.05, 3.63) is 29.8 Å². The fourth-order valence-corrected chi connectivity index (χ4v) is 2.38. The number of rotatable bonds is 2. The van der Waals surface area contributed by atoms with Crippen molar-refractivity contribution in [1.29, 1.82) is 0 Å². The lowest BCUT2D eigenvalue weighted by Crippen LogP contribution is -2.54. The van der Waals surface area contributed by atoms with Gasteiger partial charge in [-0.25, -0.2) is 0 Å². The van der Waals surface area contributed by atoms with Gasteiger partial charge in [-0.3, -0.25) is 0 Å². The Bertz CT molecular complexity index is 558. The summed E-state index contributed by atoms with van der Waals surface area (Å²) in [6, 6.07) is 6.97. The van der Waals surface area contributed by atoms with Gasteiger partial charge >= 0.3 is 17.3 Å². The first kappa shape index (κ1) is 12.1. The molecule has 0 fully saturated rings. The van der Waals surface area contributed by atoms with E-state index in [1.807, 2.05) is 0 Å². The van der Waals surface area contributed by atoms with Crippen molar-refractivity contribution in [2.45, 2.75) is 0 Å². The van der Waals surface area contributed by atoms with Gasteiger partial charge in [0.2, 0.25) is 0 Å². The third kappa shape index (κ3) is 1.94. The molecule has 1 heterocycles. The second-order valence-electron chi connectivity index (χ2n) is 3.81. The first-order valence-electron chi connectivity index (χ1n) is 4.97. The van der Waals surface area contributed by atoms with E-state index < -0.39 is 17.3 Å². The fourth-order valence-electron chi connectivity index (χ4n) is 1.52. The molecule has 0 aromatic heterocycles. The zero-order chi connectivity index (χ0) is 12.6. The third-order valence-electron chi connectivity index (χ3n) is 2.49. The van der Waals surface area contributed by atoms with Gasteiger partial charge in [0.15, 0.2) is 0 Å². The van der Waals surface area contributed by atoms with Crippen LogP contribution in [0.15, 0.2) is 29.4 Å². The van der Waals surface area contributed by atoms with Crippen molar-refractivity contribution in [2.24, 2.45) is 5.10 Å². The van der Waals surface area contributed by atoms with Crippen molar-refractivity contribution in [2.75, 3.05) is 14.1 Å². The standard InChI is InChI=1S/C9H12BN3O3S/c1-12(2)17(15,16)13-10(14)9-6-4-3-5-8(9)7-11-13/h3-7,14H,1-2H3. The van der Waals surface area contributed by atoms with Crippen molar-refractivity contribution >= 4 is 28.9 Å². The van der Waals surface area contributed by atoms with E-state index in [0.717, 1.165) is 4.31 Å². The van der Waals surface area contributed by atoms with Crippen LogP contribution in [0, 0.1) is 0 Å². The molecule has 0 atom stereocenters. The number of hydrogen-bond acceptors (Lipinski definition) is 4. The smallest absolute Gasteiger partial charge is 0.427 e. The summed E-state index contributed by atoms with van der Waals surface area (Å²) < 4.78 is 25.5. The Kier molecular flexibility index (Phi) is 2.94. The molecule has 0 spiro atoms. The molecular weight excluding hydrogens is 241 g/mol. The molecule has 1 aliphatic rings. The molecule has 0 saturated carbocycles. The van der Waals surface area contributed by atoms with Gasteiger partial charge in [-0.2, -0.15) is 22.1 Å². The molecule has 1 aromatic rings. The number of hydrazone groups is 1. The van der Waals surface area contributed by atoms with Crippen molar-refractivity contribution in [3.63, 3.8) is 0 Å². The highest BCUT2D eigenvalue weighted by Crippen LogP contribution is 2.12. The Labute approximate surface area is 100 Å². The maximum absolute atomic E-state index is 11.9. The van der Waals surface area contributed by atoms with E-state index in [1.54, 1.807) is 24.3 Å². The summed E-state index contributed by atoms with van der Waals surface area (Å²) in [5.74, 6) is 0. The number of fused-ring (bicyclic) bond motifs is 1. The van der Waals surface area contributed by atoms with Crippen LogP contribution < -0.4 is 5.46 Å². The highest BCUT2D eigenvalue weighted by Gasteiger charge is 2.38. The molecule has 1 N–H and O–H groups in total. The summed E-state index contributed by atoms with van der Waals surface area (Å²) in [6.07, 6.45) is 1.42. The summed E-state index contributed by atoms with van der Waals surface area (Å²) in [5, 5.41) is 13.8. The summed E-state index contributed by atoms with van der Waals surface area (Å²) in [6.45, 7) is 0. The van der Waals surface area contributed by atoms with Gasteiger partial charge in [0.25, 0.3) is 0 Å². The van der Waals surface area contributed by atoms with E-state index in [9.17, 15) is 13.4 Å². The molecule has 6 nitrogen and oxygen atoms in total. The predicted molar refractivity (Wildman–Crippen MR) is 66.1 cm³/mol. The lowest BCUT2D eigenvalue weighted by Gasteiger charge is -2.28. The monoisotopic (exact) mass is 253 g/mol. The van der Waals surface area contributed by atoms with Gasteiger partial charge < -0.3 is 5.02 Å². The average molecular weight is 253 g/mol. The van der Waals surface area contributed by atoms with Crippen LogP contribution in [0.5, 0.6) is 0 Å². The van der Waals surface area contributed by atoms with E-state index in [1.165, 1.54) is 20.3 Å². The van der Waals surface area contributed by atoms with E-state index in [4.69, 9.17) is 0 Å². The van der Waals surface area contributed by atoms with Gasteiger partial charge in [-0.1, -0.05) is 24.3 Å². The molecule has 0 saturated heterocycles. The van der Waals surface area contributed by atoms with Gasteiger partial charge in [0.1, 0.15) is 0 Å². The first-order valence-corrected chi connectivity index (χ1v) is 6.37. The maximum atomic E-state index is 11.9. The van der Waals surface area contributed by atoms with Gasteiger partial charge in [0.05, 0.1) is 6.21 Å². The quantitative estimate of drug-likeness (QED) is 0.675. The highest BCUT2D eigenvalue weighted by atomic mass is 32.2. The number of benzene rings is 1. The molecule has 0 bridgehead atoms. The zero-order valence-electron chi connectivity index (χ0n) is 9.48. The lowest BCUT2D eigenvalue weighted by atomic mass is 9.72. The van der Waals surface area contributed by atoms with Crippen molar-refractivity contribution < 1.29 is 13.4 Å². The predicted octanol–water partition coefficient (Wildman–Crippen LogP) is -1.17. The molecule has 0 aliphatic carbocycles. The minimum Gasteiger partial charge on any atom is -0.427 e. The van der Waals surface area contributed by atoms with Crippen LogP contribution in [0.25, 0.3) is 0 Å². The third-order valence-corrected chi connectivity index (χ3v) is 4.18. The summed E-state index contributed by atoms with van der Waals surface area (Å²) >= 11 is 0. The molecule has 0 radical (unpaired) electrons. The first-order chi connectivity index (χ1) is 7.94. The maximum Gasteiger partial charge on any atom is 0.485 e. The van der Waals surface area contributed by atoms with E-state index in [0.29, 0.717) is 15.4 Å². The second kappa shape index (κ2) is 4.13. The molecule has 8 heteroatoms. The van der Waals surface area contributed by atoms with Crippen molar-refractivity contribution in [1.82, 2.24) is 8.63 Å². The van der Waals surface area contributed by atoms with Crippen LogP contribution in [0.4, 0.5) is 0 Å². The summed E-state index contributed by atoms with van der Waals surface area (Å²) in [7, 11) is -2.29. The number of nitrogens with zero attached hydrogens (tertiary/aromatic N) is 3. The Hall–Kier alpha value is -1.38. The van der Waals surface area contributed by atoms with Crippen molar-refractivity contribution in [3.8, 4) is 0 Å². The van der Waals surface area contributed by atoms with Crippen LogP contribution in [-0.2, 0) is 10.2 Å². The van der Waals surface area contributed by atoms with E-state index >= 15 is 0 Å². The Morgan fingerprint density at radius 3 is 2.65 bits per heavy atom. The van der Waals surface area contributed by atoms with Crippen LogP contribution >= 0.6 is 0 Å². The van der Waals surface area contributed by atoms with Crippen LogP contribution in [0.2, 0.25) is 0 Å². The molecule has 0 unspecified atom stereocenters. The number of hydrogen-bond donors (Lipinski definition) is 1. The highest BCUT2D eigenvalue weighted by molar-refractivity contribution is 7.87. The van der Waals surface area contributed by atoms with E-state index in [-0.39, 0.29) is 0 Å². The molecule has 0 amide bonds. The average Bonchev–Trinajstić information content (AvgIpc) is 2.29. The largest absolute Gasteiger partial charge is 0.485 e. The van der Waals surface area contributed by atoms with Crippen LogP contribution in [0.3, 0.4) is 0 Å². The molecule has 1 aliphatic heterocycles. The Morgan fingerprint density at radius 2 is 2.00 bits per heavy atom. The Morgan fingerprint density at radius 1 is 1.35 bits per heavy atom. The molecular formula is C9H12BN3O3S. The Balaban J connectivity index is 2.46. The lowest BCUT2D eigenvalue weighted by molar-refractivity contribution is 0.435. The minimum atomic E-state index is -3.77. The van der Waals surface area contributed by atoms with Gasteiger partial charge in [-0.15, -0.1) is 0 Å². The fraction of sp³-hybridized carbons (Fsp3) is 0.222. The summed E-state index contributed by atoms with van der Waals surface area (Å²) in [5.41, 5.74) is 1.23. The topological polar surface area (TPSA) is 73.2 Å². The second-order valence-corrected chi connectivity index (χ2v) is 5.81. The van der Waals surface area contributed by atoms with E-state index in [2.05, 4.69) is 5.10 Å². The van der Waals surface area contributed by atoms with Crippen LogP contribution in [-0.4, -0.2) is 49.4 Å². The van der Waals surface area contributed by atoms with Gasteiger partial charge in [0, 0.05) is 14.1 Å². The molecule has 1 aromatic carbocycles. The van der Waals surface area contributed by atoms with Crippen LogP contribution in [0.1, 0.15) is 5.56 Å². The molecule has 2 rings (SSSR count). The summed E-state index contributed by atoms with van der Waals surface area (Å²) in [4.78, 5) is 0. The zero-order valence-corrected chi connectivity index (χ0v) is 10.3. The molecule has 90 valence electrons. The molecule has 17 heavy (non-hydrogen) atoms. The normalized spacial score (nSPS) is 15.3. The minimum absolute atomic E-state index is 0.521. The van der Waals surface area contributed by atoms with Gasteiger partial charge in [-0.05, 0) is 11.0 Å². The SMILES string of the molecule is CN(C)S(=O)(=O)N1N=Cc2ccccc2B1O.